The fourth-order valence-electron chi connectivity index (χ4n) is 1.04. The number of aromatic nitrogens is 1. The van der Waals surface area contributed by atoms with Gasteiger partial charge in [-0.2, -0.15) is 0 Å². The zero-order valence-electron chi connectivity index (χ0n) is 7.59. The Morgan fingerprint density at radius 2 is 2.00 bits per heavy atom. The quantitative estimate of drug-likeness (QED) is 0.852. The first-order valence-electron chi connectivity index (χ1n) is 4.09. The lowest BCUT2D eigenvalue weighted by Crippen LogP contribution is -2.17. The number of halogens is 2. The molecule has 0 fully saturated rings. The van der Waals surface area contributed by atoms with Gasteiger partial charge in [0.25, 0.3) is 0 Å². The second kappa shape index (κ2) is 4.53. The molecule has 0 spiro atoms. The van der Waals surface area contributed by atoms with Gasteiger partial charge in [0.1, 0.15) is 4.60 Å². The van der Waals surface area contributed by atoms with E-state index in [1.54, 1.807) is 6.20 Å². The molecule has 1 aromatic heterocycles. The monoisotopic (exact) mass is 306 g/mol. The van der Waals surface area contributed by atoms with Crippen LogP contribution in [0.15, 0.2) is 21.3 Å². The Bertz CT molecular complexity index is 300. The van der Waals surface area contributed by atoms with Crippen LogP contribution in [0.4, 0.5) is 0 Å². The third-order valence-electron chi connectivity index (χ3n) is 1.93. The molecule has 1 aromatic rings. The summed E-state index contributed by atoms with van der Waals surface area (Å²) in [5.41, 5.74) is 7.12. The van der Waals surface area contributed by atoms with E-state index in [0.29, 0.717) is 5.92 Å². The van der Waals surface area contributed by atoms with Crippen LogP contribution in [0.5, 0.6) is 0 Å². The van der Waals surface area contributed by atoms with E-state index in [9.17, 15) is 0 Å². The number of nitrogens with two attached hydrogens (primary N) is 1. The molecule has 72 valence electrons. The van der Waals surface area contributed by atoms with Gasteiger partial charge in [-0.05, 0) is 49.4 Å². The van der Waals surface area contributed by atoms with E-state index in [4.69, 9.17) is 5.73 Å². The summed E-state index contributed by atoms with van der Waals surface area (Å²) in [7, 11) is 0. The molecule has 0 aromatic carbocycles. The maximum Gasteiger partial charge on any atom is 0.106 e. The predicted molar refractivity (Wildman–Crippen MR) is 61.4 cm³/mol. The fraction of sp³-hybridized carbons (Fsp3) is 0.444. The zero-order valence-corrected chi connectivity index (χ0v) is 10.8. The second-order valence-electron chi connectivity index (χ2n) is 3.30. The van der Waals surface area contributed by atoms with Crippen molar-refractivity contribution in [2.75, 3.05) is 0 Å². The molecular formula is C9H12Br2N2. The molecule has 0 aliphatic rings. The largest absolute Gasteiger partial charge is 0.324 e. The van der Waals surface area contributed by atoms with Gasteiger partial charge in [-0.25, -0.2) is 4.98 Å². The van der Waals surface area contributed by atoms with Crippen molar-refractivity contribution in [2.24, 2.45) is 11.7 Å². The van der Waals surface area contributed by atoms with Crippen LogP contribution in [0.1, 0.15) is 25.5 Å². The van der Waals surface area contributed by atoms with Crippen LogP contribution >= 0.6 is 31.9 Å². The number of nitrogens with zero attached hydrogens (tertiary/aromatic N) is 1. The minimum absolute atomic E-state index is 0.0497. The average molecular weight is 308 g/mol. The topological polar surface area (TPSA) is 38.9 Å². The maximum absolute atomic E-state index is 6.03. The zero-order chi connectivity index (χ0) is 10.0. The Kier molecular flexibility index (Phi) is 3.88. The molecule has 2 N–H and O–H groups in total. The normalized spacial score (nSPS) is 13.4. The summed E-state index contributed by atoms with van der Waals surface area (Å²) < 4.78 is 1.79. The van der Waals surface area contributed by atoms with Gasteiger partial charge >= 0.3 is 0 Å². The first-order valence-corrected chi connectivity index (χ1v) is 5.67. The predicted octanol–water partition coefficient (Wildman–Crippen LogP) is 3.26. The summed E-state index contributed by atoms with van der Waals surface area (Å²) in [5.74, 6) is 0.422. The SMILES string of the molecule is CC(C)[C@H](N)c1cc(Br)ncc1Br. The van der Waals surface area contributed by atoms with Crippen LogP contribution in [-0.2, 0) is 0 Å². The number of hydrogen-bond acceptors (Lipinski definition) is 2. The first kappa shape index (κ1) is 11.1. The fourth-order valence-corrected chi connectivity index (χ4v) is 1.87. The third-order valence-corrected chi connectivity index (χ3v) is 3.03. The van der Waals surface area contributed by atoms with E-state index in [0.717, 1.165) is 14.6 Å². The number of hydrogen-bond donors (Lipinski definition) is 1. The maximum atomic E-state index is 6.03. The minimum atomic E-state index is 0.0497. The first-order chi connectivity index (χ1) is 6.02. The molecular weight excluding hydrogens is 296 g/mol. The molecule has 13 heavy (non-hydrogen) atoms. The average Bonchev–Trinajstić information content (AvgIpc) is 2.08. The standard InChI is InChI=1S/C9H12Br2N2/c1-5(2)9(12)6-3-8(11)13-4-7(6)10/h3-5,9H,12H2,1-2H3/t9-/m0/s1. The molecule has 1 atom stereocenters. The van der Waals surface area contributed by atoms with Crippen LogP contribution in [-0.4, -0.2) is 4.98 Å². The van der Waals surface area contributed by atoms with Crippen molar-refractivity contribution in [3.05, 3.63) is 26.9 Å². The van der Waals surface area contributed by atoms with Gasteiger partial charge in [0, 0.05) is 16.7 Å². The van der Waals surface area contributed by atoms with E-state index in [-0.39, 0.29) is 6.04 Å². The highest BCUT2D eigenvalue weighted by atomic mass is 79.9. The number of pyridine rings is 1. The smallest absolute Gasteiger partial charge is 0.106 e. The highest BCUT2D eigenvalue weighted by molar-refractivity contribution is 9.11. The van der Waals surface area contributed by atoms with Crippen molar-refractivity contribution >= 4 is 31.9 Å². The van der Waals surface area contributed by atoms with Gasteiger partial charge in [-0.3, -0.25) is 0 Å². The molecule has 1 rings (SSSR count). The van der Waals surface area contributed by atoms with Gasteiger partial charge in [-0.1, -0.05) is 13.8 Å². The van der Waals surface area contributed by atoms with E-state index in [2.05, 4.69) is 50.7 Å². The summed E-state index contributed by atoms with van der Waals surface area (Å²) in [5, 5.41) is 0. The van der Waals surface area contributed by atoms with Gasteiger partial charge in [0.05, 0.1) is 0 Å². The molecule has 0 radical (unpaired) electrons. The lowest BCUT2D eigenvalue weighted by Gasteiger charge is -2.17. The van der Waals surface area contributed by atoms with Gasteiger partial charge in [-0.15, -0.1) is 0 Å². The Labute approximate surface area is 95.2 Å². The van der Waals surface area contributed by atoms with Crippen molar-refractivity contribution < 1.29 is 0 Å². The molecule has 0 bridgehead atoms. The second-order valence-corrected chi connectivity index (χ2v) is 4.97. The summed E-state index contributed by atoms with van der Waals surface area (Å²) in [6.45, 7) is 4.21. The molecule has 4 heteroatoms. The van der Waals surface area contributed by atoms with Crippen molar-refractivity contribution in [3.8, 4) is 0 Å². The van der Waals surface area contributed by atoms with E-state index in [1.807, 2.05) is 6.07 Å². The molecule has 0 unspecified atom stereocenters. The van der Waals surface area contributed by atoms with Crippen LogP contribution in [0.25, 0.3) is 0 Å². The van der Waals surface area contributed by atoms with Crippen molar-refractivity contribution in [1.82, 2.24) is 4.98 Å². The summed E-state index contributed by atoms with van der Waals surface area (Å²) >= 11 is 6.76. The molecule has 0 aliphatic heterocycles. The van der Waals surface area contributed by atoms with Crippen LogP contribution in [0.3, 0.4) is 0 Å². The summed E-state index contributed by atoms with van der Waals surface area (Å²) in [4.78, 5) is 4.10. The van der Waals surface area contributed by atoms with Crippen molar-refractivity contribution in [3.63, 3.8) is 0 Å². The lowest BCUT2D eigenvalue weighted by molar-refractivity contribution is 0.512. The molecule has 0 amide bonds. The Hall–Kier alpha value is 0.0700. The number of rotatable bonds is 2. The van der Waals surface area contributed by atoms with Gasteiger partial charge < -0.3 is 5.73 Å². The van der Waals surface area contributed by atoms with Crippen LogP contribution < -0.4 is 5.73 Å². The highest BCUT2D eigenvalue weighted by Crippen LogP contribution is 2.27. The Morgan fingerprint density at radius 3 is 2.54 bits per heavy atom. The summed E-state index contributed by atoms with van der Waals surface area (Å²) in [6, 6.07) is 2.00. The molecule has 2 nitrogen and oxygen atoms in total. The van der Waals surface area contributed by atoms with E-state index < -0.39 is 0 Å². The van der Waals surface area contributed by atoms with E-state index in [1.165, 1.54) is 0 Å². The van der Waals surface area contributed by atoms with Crippen LogP contribution in [0.2, 0.25) is 0 Å². The van der Waals surface area contributed by atoms with Crippen LogP contribution in [0, 0.1) is 5.92 Å². The highest BCUT2D eigenvalue weighted by Gasteiger charge is 2.14. The van der Waals surface area contributed by atoms with Crippen molar-refractivity contribution in [2.45, 2.75) is 19.9 Å². The molecule has 1 heterocycles. The molecule has 0 saturated heterocycles. The Morgan fingerprint density at radius 1 is 1.38 bits per heavy atom. The van der Waals surface area contributed by atoms with Gasteiger partial charge in [0.15, 0.2) is 0 Å². The van der Waals surface area contributed by atoms with Gasteiger partial charge in [0.2, 0.25) is 0 Å². The Balaban J connectivity index is 3.05. The molecule has 0 aliphatic carbocycles. The summed E-state index contributed by atoms with van der Waals surface area (Å²) in [6.07, 6.45) is 1.77. The minimum Gasteiger partial charge on any atom is -0.324 e. The van der Waals surface area contributed by atoms with Crippen molar-refractivity contribution in [1.29, 1.82) is 0 Å². The molecule has 0 saturated carbocycles. The van der Waals surface area contributed by atoms with E-state index >= 15 is 0 Å². The lowest BCUT2D eigenvalue weighted by atomic mass is 9.98. The third kappa shape index (κ3) is 2.76.